The van der Waals surface area contributed by atoms with Gasteiger partial charge in [0, 0.05) is 56.0 Å². The molecule has 0 unspecified atom stereocenters. The van der Waals surface area contributed by atoms with Crippen LogP contribution < -0.4 is 14.8 Å². The molecule has 0 radical (unpaired) electrons. The summed E-state index contributed by atoms with van der Waals surface area (Å²) in [5.74, 6) is 1.55. The van der Waals surface area contributed by atoms with E-state index in [0.29, 0.717) is 66.9 Å². The average molecular weight is 655 g/mol. The molecule has 0 saturated carbocycles. The molecule has 250 valence electrons. The van der Waals surface area contributed by atoms with Gasteiger partial charge in [-0.05, 0) is 60.9 Å². The largest absolute Gasteiger partial charge is 0.493 e. The van der Waals surface area contributed by atoms with Gasteiger partial charge in [0.05, 0.1) is 32.4 Å². The quantitative estimate of drug-likeness (QED) is 0.310. The molecule has 1 saturated heterocycles. The number of nitrogens with zero attached hydrogens (tertiary/aromatic N) is 5. The number of benzene rings is 2. The lowest BCUT2D eigenvalue weighted by Crippen LogP contribution is -2.57. The van der Waals surface area contributed by atoms with Crippen LogP contribution >= 0.6 is 0 Å². The van der Waals surface area contributed by atoms with Crippen molar-refractivity contribution in [2.24, 2.45) is 0 Å². The average Bonchev–Trinajstić information content (AvgIpc) is 3.59. The number of methoxy groups -OCH3 is 1. The molecular weight excluding hydrogens is 616 g/mol. The summed E-state index contributed by atoms with van der Waals surface area (Å²) in [5.41, 5.74) is 2.01. The third-order valence-corrected chi connectivity index (χ3v) is 8.33. The summed E-state index contributed by atoms with van der Waals surface area (Å²) in [7, 11) is 1.53. The number of hydrogen-bond acceptors (Lipinski definition) is 10. The molecule has 13 heteroatoms. The Hall–Kier alpha value is -5.30. The van der Waals surface area contributed by atoms with Crippen molar-refractivity contribution in [2.75, 3.05) is 33.3 Å². The second-order valence-corrected chi connectivity index (χ2v) is 11.7. The van der Waals surface area contributed by atoms with Crippen LogP contribution in [0.2, 0.25) is 0 Å². The lowest BCUT2D eigenvalue weighted by atomic mass is 10.0. The van der Waals surface area contributed by atoms with Crippen molar-refractivity contribution in [1.29, 1.82) is 0 Å². The second kappa shape index (κ2) is 15.1. The van der Waals surface area contributed by atoms with Crippen molar-refractivity contribution in [3.63, 3.8) is 0 Å². The normalized spacial score (nSPS) is 18.5. The van der Waals surface area contributed by atoms with E-state index in [1.807, 2.05) is 31.2 Å². The maximum Gasteiger partial charge on any atom is 0.254 e. The standard InChI is InChI=1S/C35H38N6O7/c1-3-16-41-21-31(42)37-27-13-17-40(33(43)10-9-32-38-34(39-48-32)24-11-14-36-15-12-24)20-30(27)46-22-23-5-4-6-26(18-23)47-29-19-25(35(41)44)7-8-28(29)45-2/h4-8,11-12,14-15,18-19,27,30H,3,9-10,13,16-17,20-22H2,1-2H3,(H,37,42)/t27-,30-/m0/s1. The highest BCUT2D eigenvalue weighted by Crippen LogP contribution is 2.33. The number of carbonyl (C=O) groups is 3. The van der Waals surface area contributed by atoms with Crippen molar-refractivity contribution in [3.8, 4) is 28.6 Å². The summed E-state index contributed by atoms with van der Waals surface area (Å²) in [6.07, 6.45) is 4.44. The van der Waals surface area contributed by atoms with Gasteiger partial charge in [-0.3, -0.25) is 19.4 Å². The van der Waals surface area contributed by atoms with Gasteiger partial charge in [-0.2, -0.15) is 4.98 Å². The van der Waals surface area contributed by atoms with Crippen molar-refractivity contribution < 1.29 is 33.1 Å². The number of hydrogen-bond donors (Lipinski definition) is 1. The van der Waals surface area contributed by atoms with E-state index in [9.17, 15) is 14.4 Å². The molecule has 2 aliphatic heterocycles. The Bertz CT molecular complexity index is 1750. The molecule has 13 nitrogen and oxygen atoms in total. The molecule has 48 heavy (non-hydrogen) atoms. The number of ether oxygens (including phenoxy) is 3. The number of aryl methyl sites for hydroxylation is 1. The van der Waals surface area contributed by atoms with Gasteiger partial charge in [-0.25, -0.2) is 0 Å². The van der Waals surface area contributed by atoms with E-state index in [-0.39, 0.29) is 49.9 Å². The third-order valence-electron chi connectivity index (χ3n) is 8.33. The van der Waals surface area contributed by atoms with E-state index in [1.54, 1.807) is 47.6 Å². The lowest BCUT2D eigenvalue weighted by Gasteiger charge is -2.39. The molecule has 2 aromatic heterocycles. The number of piperidine rings is 1. The number of rotatable bonds is 7. The van der Waals surface area contributed by atoms with Crippen LogP contribution in [0.5, 0.6) is 17.2 Å². The summed E-state index contributed by atoms with van der Waals surface area (Å²) < 4.78 is 23.5. The van der Waals surface area contributed by atoms with Crippen molar-refractivity contribution in [1.82, 2.24) is 30.2 Å². The summed E-state index contributed by atoms with van der Waals surface area (Å²) in [4.78, 5) is 52.1. The van der Waals surface area contributed by atoms with Gasteiger partial charge in [0.2, 0.25) is 23.5 Å². The minimum atomic E-state index is -0.492. The Labute approximate surface area is 278 Å². The molecule has 4 bridgehead atoms. The molecule has 6 rings (SSSR count). The fraction of sp³-hybridized carbons (Fsp3) is 0.371. The highest BCUT2D eigenvalue weighted by Gasteiger charge is 2.34. The van der Waals surface area contributed by atoms with Crippen molar-refractivity contribution in [2.45, 2.75) is 51.4 Å². The van der Waals surface area contributed by atoms with Crippen LogP contribution in [-0.2, 0) is 27.4 Å². The Morgan fingerprint density at radius 1 is 1.08 bits per heavy atom. The zero-order valence-electron chi connectivity index (χ0n) is 27.0. The second-order valence-electron chi connectivity index (χ2n) is 11.7. The molecule has 4 aromatic rings. The summed E-state index contributed by atoms with van der Waals surface area (Å²) >= 11 is 0. The molecule has 4 heterocycles. The van der Waals surface area contributed by atoms with Crippen molar-refractivity contribution in [3.05, 3.63) is 84.0 Å². The van der Waals surface area contributed by atoms with Gasteiger partial charge < -0.3 is 33.9 Å². The van der Waals surface area contributed by atoms with Crippen LogP contribution in [0, 0.1) is 0 Å². The van der Waals surface area contributed by atoms with Gasteiger partial charge in [-0.15, -0.1) is 0 Å². The van der Waals surface area contributed by atoms with Crippen LogP contribution in [0.1, 0.15) is 48.0 Å². The van der Waals surface area contributed by atoms with Gasteiger partial charge in [0.1, 0.15) is 5.75 Å². The SMILES string of the molecule is CCCN1CC(=O)N[C@H]2CCN(C(=O)CCc3nc(-c4ccncc4)no3)C[C@@H]2OCc2cccc(c2)Oc2cc(ccc2OC)C1=O. The van der Waals surface area contributed by atoms with Crippen LogP contribution in [0.4, 0.5) is 0 Å². The number of likely N-dealkylation sites (tertiary alicyclic amines) is 1. The number of nitrogens with one attached hydrogen (secondary N) is 1. The summed E-state index contributed by atoms with van der Waals surface area (Å²) in [6, 6.07) is 15.6. The predicted molar refractivity (Wildman–Crippen MR) is 173 cm³/mol. The molecule has 2 aromatic carbocycles. The van der Waals surface area contributed by atoms with E-state index in [1.165, 1.54) is 12.0 Å². The minimum absolute atomic E-state index is 0.0793. The molecule has 2 atom stereocenters. The number of aromatic nitrogens is 3. The highest BCUT2D eigenvalue weighted by atomic mass is 16.5. The van der Waals surface area contributed by atoms with Crippen LogP contribution in [0.3, 0.4) is 0 Å². The van der Waals surface area contributed by atoms with Crippen LogP contribution in [-0.4, -0.2) is 88.1 Å². The Morgan fingerprint density at radius 3 is 2.75 bits per heavy atom. The molecule has 0 spiro atoms. The minimum Gasteiger partial charge on any atom is -0.493 e. The third kappa shape index (κ3) is 7.80. The first-order valence-electron chi connectivity index (χ1n) is 16.1. The fourth-order valence-corrected chi connectivity index (χ4v) is 5.87. The van der Waals surface area contributed by atoms with E-state index >= 15 is 0 Å². The van der Waals surface area contributed by atoms with Gasteiger partial charge >= 0.3 is 0 Å². The predicted octanol–water partition coefficient (Wildman–Crippen LogP) is 4.03. The zero-order chi connectivity index (χ0) is 33.5. The van der Waals surface area contributed by atoms with E-state index in [4.69, 9.17) is 18.7 Å². The monoisotopic (exact) mass is 654 g/mol. The molecule has 2 aliphatic rings. The molecule has 3 amide bonds. The van der Waals surface area contributed by atoms with Gasteiger partial charge in [0.25, 0.3) is 5.91 Å². The maximum atomic E-state index is 13.6. The Balaban J connectivity index is 1.18. The topological polar surface area (TPSA) is 149 Å². The van der Waals surface area contributed by atoms with E-state index < -0.39 is 6.10 Å². The van der Waals surface area contributed by atoms with Crippen LogP contribution in [0.15, 0.2) is 71.5 Å². The number of amides is 3. The smallest absolute Gasteiger partial charge is 0.254 e. The fourth-order valence-electron chi connectivity index (χ4n) is 5.87. The Kier molecular flexibility index (Phi) is 10.2. The van der Waals surface area contributed by atoms with Gasteiger partial charge in [0.15, 0.2) is 11.5 Å². The van der Waals surface area contributed by atoms with Crippen molar-refractivity contribution >= 4 is 17.7 Å². The lowest BCUT2D eigenvalue weighted by molar-refractivity contribution is -0.137. The number of pyridine rings is 1. The first kappa shape index (κ1) is 32.6. The number of carbonyl (C=O) groups excluding carboxylic acids is 3. The maximum absolute atomic E-state index is 13.6. The van der Waals surface area contributed by atoms with E-state index in [2.05, 4.69) is 20.4 Å². The first-order valence-corrected chi connectivity index (χ1v) is 16.1. The number of fused-ring (bicyclic) bond motifs is 5. The molecule has 1 N–H and O–H groups in total. The first-order chi connectivity index (χ1) is 23.4. The van der Waals surface area contributed by atoms with Crippen LogP contribution in [0.25, 0.3) is 11.4 Å². The Morgan fingerprint density at radius 2 is 1.94 bits per heavy atom. The zero-order valence-corrected chi connectivity index (χ0v) is 27.0. The van der Waals surface area contributed by atoms with E-state index in [0.717, 1.165) is 11.1 Å². The molecule has 1 fully saturated rings. The molecule has 0 aliphatic carbocycles. The summed E-state index contributed by atoms with van der Waals surface area (Å²) in [6.45, 7) is 3.18. The summed E-state index contributed by atoms with van der Waals surface area (Å²) in [5, 5.41) is 7.12. The van der Waals surface area contributed by atoms with Gasteiger partial charge in [-0.1, -0.05) is 24.2 Å². The highest BCUT2D eigenvalue weighted by molar-refractivity contribution is 5.97. The molecular formula is C35H38N6O7.